The van der Waals surface area contributed by atoms with Gasteiger partial charge in [0.25, 0.3) is 0 Å². The van der Waals surface area contributed by atoms with E-state index in [1.165, 1.54) is 0 Å². The van der Waals surface area contributed by atoms with Crippen LogP contribution in [-0.2, 0) is 4.79 Å². The molecule has 0 saturated heterocycles. The van der Waals surface area contributed by atoms with Gasteiger partial charge in [-0.3, -0.25) is 4.79 Å². The molecule has 0 aliphatic heterocycles. The second-order valence-corrected chi connectivity index (χ2v) is 4.46. The second-order valence-electron chi connectivity index (χ2n) is 4.46. The first-order chi connectivity index (χ1) is 8.42. The molecular weight excluding hydrogens is 230 g/mol. The van der Waals surface area contributed by atoms with Gasteiger partial charge in [-0.25, -0.2) is 9.97 Å². The highest BCUT2D eigenvalue weighted by molar-refractivity contribution is 5.84. The van der Waals surface area contributed by atoms with Gasteiger partial charge >= 0.3 is 0 Å². The molecule has 3 N–H and O–H groups in total. The van der Waals surface area contributed by atoms with Gasteiger partial charge in [-0.05, 0) is 27.7 Å². The number of nitrogens with zero attached hydrogens (tertiary/aromatic N) is 2. The number of hydrogen-bond acceptors (Lipinski definition) is 5. The van der Waals surface area contributed by atoms with Crippen LogP contribution in [0.3, 0.4) is 0 Å². The lowest BCUT2D eigenvalue weighted by atomic mass is 10.3. The van der Waals surface area contributed by atoms with E-state index in [9.17, 15) is 4.79 Å². The highest BCUT2D eigenvalue weighted by Gasteiger charge is 2.14. The molecule has 1 aromatic heterocycles. The molecule has 18 heavy (non-hydrogen) atoms. The Morgan fingerprint density at radius 2 is 1.83 bits per heavy atom. The Labute approximate surface area is 108 Å². The maximum Gasteiger partial charge on any atom is 0.242 e. The fourth-order valence-electron chi connectivity index (χ4n) is 1.47. The van der Waals surface area contributed by atoms with E-state index in [1.54, 1.807) is 20.0 Å². The van der Waals surface area contributed by atoms with Gasteiger partial charge in [0.15, 0.2) is 0 Å². The summed E-state index contributed by atoms with van der Waals surface area (Å²) in [6.45, 7) is 7.47. The minimum absolute atomic E-state index is 0.0488. The van der Waals surface area contributed by atoms with Crippen LogP contribution < -0.4 is 16.0 Å². The number of aromatic nitrogens is 2. The molecule has 0 bridgehead atoms. The minimum Gasteiger partial charge on any atom is -0.373 e. The molecule has 0 fully saturated rings. The number of nitrogens with one attached hydrogen (secondary N) is 3. The van der Waals surface area contributed by atoms with Crippen LogP contribution in [0.15, 0.2) is 6.07 Å². The summed E-state index contributed by atoms with van der Waals surface area (Å²) in [7, 11) is 1.79. The van der Waals surface area contributed by atoms with Crippen molar-refractivity contribution in [3.63, 3.8) is 0 Å². The Morgan fingerprint density at radius 1 is 1.22 bits per heavy atom. The van der Waals surface area contributed by atoms with Crippen molar-refractivity contribution < 1.29 is 4.79 Å². The molecule has 1 aromatic rings. The third-order valence-corrected chi connectivity index (χ3v) is 2.28. The van der Waals surface area contributed by atoms with Gasteiger partial charge in [0.05, 0.1) is 0 Å². The van der Waals surface area contributed by atoms with E-state index in [1.807, 2.05) is 20.8 Å². The molecule has 0 aliphatic carbocycles. The average Bonchev–Trinajstić information content (AvgIpc) is 2.27. The lowest BCUT2D eigenvalue weighted by molar-refractivity contribution is -0.122. The number of amides is 1. The fraction of sp³-hybridized carbons (Fsp3) is 0.583. The standard InChI is InChI=1S/C12H21N5O/c1-7(2)14-12(18)8(3)15-11-6-10(13-5)16-9(4)17-11/h6-8H,1-5H3,(H,14,18)(H2,13,15,16,17). The van der Waals surface area contributed by atoms with Crippen LogP contribution in [0, 0.1) is 6.92 Å². The van der Waals surface area contributed by atoms with Crippen LogP contribution in [0.4, 0.5) is 11.6 Å². The lowest BCUT2D eigenvalue weighted by Gasteiger charge is -2.17. The van der Waals surface area contributed by atoms with Crippen LogP contribution in [0.5, 0.6) is 0 Å². The van der Waals surface area contributed by atoms with Crippen molar-refractivity contribution in [3.05, 3.63) is 11.9 Å². The Balaban J connectivity index is 2.72. The summed E-state index contributed by atoms with van der Waals surface area (Å²) < 4.78 is 0. The van der Waals surface area contributed by atoms with E-state index >= 15 is 0 Å². The first-order valence-corrected chi connectivity index (χ1v) is 6.02. The Kier molecular flexibility index (Phi) is 4.88. The highest BCUT2D eigenvalue weighted by atomic mass is 16.2. The monoisotopic (exact) mass is 251 g/mol. The van der Waals surface area contributed by atoms with E-state index in [-0.39, 0.29) is 18.0 Å². The summed E-state index contributed by atoms with van der Waals surface area (Å²) >= 11 is 0. The summed E-state index contributed by atoms with van der Waals surface area (Å²) in [6, 6.07) is 1.56. The Morgan fingerprint density at radius 3 is 2.39 bits per heavy atom. The molecule has 0 aliphatic rings. The van der Waals surface area contributed by atoms with Crippen LogP contribution in [0.1, 0.15) is 26.6 Å². The normalized spacial score (nSPS) is 12.1. The molecule has 100 valence electrons. The molecule has 0 saturated carbocycles. The smallest absolute Gasteiger partial charge is 0.242 e. The van der Waals surface area contributed by atoms with Crippen LogP contribution in [-0.4, -0.2) is 35.0 Å². The van der Waals surface area contributed by atoms with Crippen molar-refractivity contribution in [2.45, 2.75) is 39.8 Å². The zero-order chi connectivity index (χ0) is 13.7. The van der Waals surface area contributed by atoms with Gasteiger partial charge in [0.1, 0.15) is 23.5 Å². The predicted molar refractivity (Wildman–Crippen MR) is 72.7 cm³/mol. The summed E-state index contributed by atoms with van der Waals surface area (Å²) in [5.41, 5.74) is 0. The van der Waals surface area contributed by atoms with Gasteiger partial charge in [0, 0.05) is 19.2 Å². The van der Waals surface area contributed by atoms with Gasteiger partial charge in [-0.1, -0.05) is 0 Å². The Bertz CT molecular complexity index is 419. The topological polar surface area (TPSA) is 78.9 Å². The van der Waals surface area contributed by atoms with Crippen LogP contribution >= 0.6 is 0 Å². The molecule has 1 amide bonds. The van der Waals surface area contributed by atoms with Crippen molar-refractivity contribution in [1.29, 1.82) is 0 Å². The molecule has 0 spiro atoms. The number of rotatable bonds is 5. The lowest BCUT2D eigenvalue weighted by Crippen LogP contribution is -2.41. The third-order valence-electron chi connectivity index (χ3n) is 2.28. The first kappa shape index (κ1) is 14.2. The molecule has 6 heteroatoms. The van der Waals surface area contributed by atoms with Gasteiger partial charge in [0.2, 0.25) is 5.91 Å². The van der Waals surface area contributed by atoms with Crippen LogP contribution in [0.25, 0.3) is 0 Å². The van der Waals surface area contributed by atoms with Crippen LogP contribution in [0.2, 0.25) is 0 Å². The van der Waals surface area contributed by atoms with Crippen molar-refractivity contribution in [1.82, 2.24) is 15.3 Å². The van der Waals surface area contributed by atoms with Gasteiger partial charge < -0.3 is 16.0 Å². The average molecular weight is 251 g/mol. The summed E-state index contributed by atoms with van der Waals surface area (Å²) in [6.07, 6.45) is 0. The minimum atomic E-state index is -0.341. The number of anilines is 2. The molecule has 1 unspecified atom stereocenters. The zero-order valence-corrected chi connectivity index (χ0v) is 11.5. The summed E-state index contributed by atoms with van der Waals surface area (Å²) in [5, 5.41) is 8.86. The maximum atomic E-state index is 11.8. The van der Waals surface area contributed by atoms with Gasteiger partial charge in [-0.2, -0.15) is 0 Å². The largest absolute Gasteiger partial charge is 0.373 e. The van der Waals surface area contributed by atoms with E-state index in [2.05, 4.69) is 25.9 Å². The quantitative estimate of drug-likeness (QED) is 0.731. The summed E-state index contributed by atoms with van der Waals surface area (Å²) in [5.74, 6) is 1.97. The molecule has 0 radical (unpaired) electrons. The first-order valence-electron chi connectivity index (χ1n) is 6.02. The maximum absolute atomic E-state index is 11.8. The summed E-state index contributed by atoms with van der Waals surface area (Å²) in [4.78, 5) is 20.2. The van der Waals surface area contributed by atoms with E-state index in [0.29, 0.717) is 11.6 Å². The molecule has 6 nitrogen and oxygen atoms in total. The van der Waals surface area contributed by atoms with E-state index < -0.39 is 0 Å². The predicted octanol–water partition coefficient (Wildman–Crippen LogP) is 1.15. The van der Waals surface area contributed by atoms with Crippen molar-refractivity contribution >= 4 is 17.5 Å². The second kappa shape index (κ2) is 6.18. The number of carbonyl (C=O) groups excluding carboxylic acids is 1. The van der Waals surface area contributed by atoms with Crippen molar-refractivity contribution in [2.75, 3.05) is 17.7 Å². The van der Waals surface area contributed by atoms with E-state index in [0.717, 1.165) is 5.82 Å². The SMILES string of the molecule is CNc1cc(NC(C)C(=O)NC(C)C)nc(C)n1. The Hall–Kier alpha value is -1.85. The molecular formula is C12H21N5O. The van der Waals surface area contributed by atoms with Crippen molar-refractivity contribution in [2.24, 2.45) is 0 Å². The third kappa shape index (κ3) is 4.20. The molecule has 1 atom stereocenters. The van der Waals surface area contributed by atoms with Gasteiger partial charge in [-0.15, -0.1) is 0 Å². The molecule has 0 aromatic carbocycles. The number of aryl methyl sites for hydroxylation is 1. The number of carbonyl (C=O) groups is 1. The zero-order valence-electron chi connectivity index (χ0n) is 11.5. The van der Waals surface area contributed by atoms with Crippen molar-refractivity contribution in [3.8, 4) is 0 Å². The molecule has 1 heterocycles. The van der Waals surface area contributed by atoms with E-state index in [4.69, 9.17) is 0 Å². The fourth-order valence-corrected chi connectivity index (χ4v) is 1.47. The number of hydrogen-bond donors (Lipinski definition) is 3. The molecule has 1 rings (SSSR count). The highest BCUT2D eigenvalue weighted by Crippen LogP contribution is 2.11.